The van der Waals surface area contributed by atoms with Crippen LogP contribution in [0.3, 0.4) is 0 Å². The molecule has 10 nitrogen and oxygen atoms in total. The first kappa shape index (κ1) is 29.1. The molecule has 33 heavy (non-hydrogen) atoms. The number of amides is 1. The van der Waals surface area contributed by atoms with Crippen molar-refractivity contribution in [1.29, 1.82) is 0 Å². The minimum absolute atomic E-state index is 0.0230. The molecule has 0 saturated carbocycles. The lowest BCUT2D eigenvalue weighted by atomic mass is 9.95. The van der Waals surface area contributed by atoms with Crippen LogP contribution < -0.4 is 5.32 Å². The molecule has 0 aromatic rings. The zero-order valence-corrected chi connectivity index (χ0v) is 21.6. The predicted molar refractivity (Wildman–Crippen MR) is 122 cm³/mol. The van der Waals surface area contributed by atoms with Crippen molar-refractivity contribution in [3.05, 3.63) is 0 Å². The Labute approximate surface area is 197 Å². The highest BCUT2D eigenvalue weighted by Gasteiger charge is 2.49. The molecule has 10 heteroatoms. The number of ether oxygens (including phenoxy) is 5. The van der Waals surface area contributed by atoms with Crippen LogP contribution >= 0.6 is 0 Å². The minimum atomic E-state index is -0.575. The molecular formula is C23H42N2O8. The first-order chi connectivity index (χ1) is 15.2. The second-order valence-electron chi connectivity index (χ2n) is 10.2. The Morgan fingerprint density at radius 2 is 1.45 bits per heavy atom. The summed E-state index contributed by atoms with van der Waals surface area (Å²) in [6.45, 7) is 11.3. The van der Waals surface area contributed by atoms with E-state index in [0.717, 1.165) is 6.42 Å². The first-order valence-corrected chi connectivity index (χ1v) is 11.1. The van der Waals surface area contributed by atoms with Gasteiger partial charge in [0.05, 0.1) is 44.8 Å². The van der Waals surface area contributed by atoms with Crippen molar-refractivity contribution < 1.29 is 38.1 Å². The monoisotopic (exact) mass is 474 g/mol. The average Bonchev–Trinajstić information content (AvgIpc) is 3.27. The maximum Gasteiger partial charge on any atom is 0.410 e. The van der Waals surface area contributed by atoms with Crippen LogP contribution in [0, 0.1) is 11.8 Å². The van der Waals surface area contributed by atoms with E-state index in [9.17, 15) is 14.4 Å². The van der Waals surface area contributed by atoms with Gasteiger partial charge in [-0.1, -0.05) is 0 Å². The summed E-state index contributed by atoms with van der Waals surface area (Å²) < 4.78 is 25.1. The van der Waals surface area contributed by atoms with E-state index in [1.54, 1.807) is 19.1 Å². The zero-order chi connectivity index (χ0) is 25.4. The molecule has 0 bridgehead atoms. The van der Waals surface area contributed by atoms with E-state index in [2.05, 4.69) is 17.0 Å². The van der Waals surface area contributed by atoms with Gasteiger partial charge in [-0.3, -0.25) is 14.5 Å². The van der Waals surface area contributed by atoms with Crippen molar-refractivity contribution in [1.82, 2.24) is 10.2 Å². The van der Waals surface area contributed by atoms with Crippen molar-refractivity contribution in [3.63, 3.8) is 0 Å². The molecule has 0 radical (unpaired) electrons. The van der Waals surface area contributed by atoms with Gasteiger partial charge in [-0.25, -0.2) is 4.79 Å². The molecule has 0 aromatic carbocycles. The van der Waals surface area contributed by atoms with Crippen molar-refractivity contribution in [2.75, 3.05) is 54.7 Å². The zero-order valence-electron chi connectivity index (χ0n) is 21.6. The number of likely N-dealkylation sites (tertiary alicyclic amines) is 1. The summed E-state index contributed by atoms with van der Waals surface area (Å²) in [5, 5.41) is 3.27. The van der Waals surface area contributed by atoms with Crippen LogP contribution in [0.15, 0.2) is 0 Å². The van der Waals surface area contributed by atoms with Gasteiger partial charge in [0.2, 0.25) is 0 Å². The molecule has 4 atom stereocenters. The summed E-state index contributed by atoms with van der Waals surface area (Å²) in [6, 6.07) is 0. The lowest BCUT2D eigenvalue weighted by molar-refractivity contribution is -0.145. The third kappa shape index (κ3) is 8.42. The van der Waals surface area contributed by atoms with Crippen molar-refractivity contribution in [3.8, 4) is 0 Å². The van der Waals surface area contributed by atoms with Crippen LogP contribution in [0.1, 0.15) is 47.5 Å². The molecule has 2 saturated heterocycles. The summed E-state index contributed by atoms with van der Waals surface area (Å²) in [5.74, 6) is -0.802. The maximum absolute atomic E-state index is 12.3. The standard InChI is InChI=1S/C14H25NO5.C9H17NO3/c1-13(2,3)20-12(17)15-8-10(11(16)19-6)7-14(15,4)9-18-5;1-9(6-12-2)4-7(5-10-9)8(11)13-3/h10H,7-9H2,1-6H3;7,10H,4-6H2,1-3H3/t10-,14-;7-,9-/m00/s1. The quantitative estimate of drug-likeness (QED) is 0.456. The number of methoxy groups -OCH3 is 4. The van der Waals surface area contributed by atoms with E-state index < -0.39 is 17.2 Å². The van der Waals surface area contributed by atoms with Crippen molar-refractivity contribution in [2.45, 2.75) is 64.1 Å². The van der Waals surface area contributed by atoms with E-state index in [1.165, 1.54) is 14.2 Å². The molecule has 1 amide bonds. The predicted octanol–water partition coefficient (Wildman–Crippen LogP) is 2.00. The van der Waals surface area contributed by atoms with Crippen LogP contribution in [-0.4, -0.2) is 94.4 Å². The number of hydrogen-bond acceptors (Lipinski definition) is 9. The topological polar surface area (TPSA) is 113 Å². The molecular weight excluding hydrogens is 432 g/mol. The Balaban J connectivity index is 0.000000361. The lowest BCUT2D eigenvalue weighted by Crippen LogP contribution is -2.49. The lowest BCUT2D eigenvalue weighted by Gasteiger charge is -2.35. The number of hydrogen-bond donors (Lipinski definition) is 1. The van der Waals surface area contributed by atoms with Crippen LogP contribution in [-0.2, 0) is 33.3 Å². The molecule has 2 aliphatic heterocycles. The fraction of sp³-hybridized carbons (Fsp3) is 0.870. The number of esters is 2. The van der Waals surface area contributed by atoms with E-state index in [-0.39, 0.29) is 29.3 Å². The minimum Gasteiger partial charge on any atom is -0.469 e. The van der Waals surface area contributed by atoms with E-state index in [1.807, 2.05) is 27.7 Å². The van der Waals surface area contributed by atoms with Crippen molar-refractivity contribution >= 4 is 18.0 Å². The molecule has 0 unspecified atom stereocenters. The van der Waals surface area contributed by atoms with Crippen LogP contribution in [0.5, 0.6) is 0 Å². The molecule has 192 valence electrons. The molecule has 0 aliphatic carbocycles. The largest absolute Gasteiger partial charge is 0.469 e. The van der Waals surface area contributed by atoms with Gasteiger partial charge in [-0.15, -0.1) is 0 Å². The van der Waals surface area contributed by atoms with Gasteiger partial charge < -0.3 is 29.0 Å². The van der Waals surface area contributed by atoms with Crippen LogP contribution in [0.25, 0.3) is 0 Å². The second kappa shape index (κ2) is 12.0. The average molecular weight is 475 g/mol. The Hall–Kier alpha value is -1.91. The summed E-state index contributed by atoms with van der Waals surface area (Å²) in [4.78, 5) is 36.8. The Bertz CT molecular complexity index is 680. The summed E-state index contributed by atoms with van der Waals surface area (Å²) in [7, 11) is 6.02. The van der Waals surface area contributed by atoms with Crippen LogP contribution in [0.2, 0.25) is 0 Å². The summed E-state index contributed by atoms with van der Waals surface area (Å²) >= 11 is 0. The molecule has 1 N–H and O–H groups in total. The third-order valence-corrected chi connectivity index (χ3v) is 5.81. The number of nitrogens with one attached hydrogen (secondary N) is 1. The number of nitrogens with zero attached hydrogens (tertiary/aromatic N) is 1. The van der Waals surface area contributed by atoms with E-state index >= 15 is 0 Å². The highest BCUT2D eigenvalue weighted by atomic mass is 16.6. The molecule has 2 heterocycles. The third-order valence-electron chi connectivity index (χ3n) is 5.81. The Morgan fingerprint density at radius 1 is 0.909 bits per heavy atom. The fourth-order valence-electron chi connectivity index (χ4n) is 4.35. The van der Waals surface area contributed by atoms with E-state index in [4.69, 9.17) is 18.9 Å². The second-order valence-corrected chi connectivity index (χ2v) is 10.2. The highest BCUT2D eigenvalue weighted by molar-refractivity contribution is 5.76. The van der Waals surface area contributed by atoms with E-state index in [0.29, 0.717) is 32.7 Å². The van der Waals surface area contributed by atoms with Gasteiger partial charge in [0.1, 0.15) is 5.60 Å². The van der Waals surface area contributed by atoms with Gasteiger partial charge in [0.25, 0.3) is 0 Å². The Morgan fingerprint density at radius 3 is 1.94 bits per heavy atom. The number of rotatable bonds is 6. The smallest absolute Gasteiger partial charge is 0.410 e. The van der Waals surface area contributed by atoms with Gasteiger partial charge in [0.15, 0.2) is 0 Å². The van der Waals surface area contributed by atoms with Gasteiger partial charge >= 0.3 is 18.0 Å². The molecule has 0 aromatic heterocycles. The van der Waals surface area contributed by atoms with Crippen LogP contribution in [0.4, 0.5) is 4.79 Å². The molecule has 0 spiro atoms. The molecule has 2 fully saturated rings. The summed E-state index contributed by atoms with van der Waals surface area (Å²) in [6.07, 6.45) is 0.865. The number of carbonyl (C=O) groups excluding carboxylic acids is 3. The Kier molecular flexibility index (Phi) is 10.6. The SMILES string of the molecule is COC[C@]1(C)C[C@H](C(=O)OC)CN1.COC[C@]1(C)C[C@H](C(=O)OC)CN1C(=O)OC(C)(C)C. The summed E-state index contributed by atoms with van der Waals surface area (Å²) in [5.41, 5.74) is -1.21. The highest BCUT2D eigenvalue weighted by Crippen LogP contribution is 2.35. The molecule has 2 aliphatic rings. The van der Waals surface area contributed by atoms with Gasteiger partial charge in [0, 0.05) is 32.8 Å². The molecule has 2 rings (SSSR count). The van der Waals surface area contributed by atoms with Gasteiger partial charge in [-0.05, 0) is 47.5 Å². The first-order valence-electron chi connectivity index (χ1n) is 11.1. The number of carbonyl (C=O) groups is 3. The van der Waals surface area contributed by atoms with Gasteiger partial charge in [-0.2, -0.15) is 0 Å². The van der Waals surface area contributed by atoms with Crippen molar-refractivity contribution in [2.24, 2.45) is 11.8 Å². The normalized spacial score (nSPS) is 29.2. The maximum atomic E-state index is 12.3. The fourth-order valence-corrected chi connectivity index (χ4v) is 4.35.